The average molecular weight is 430 g/mol. The molecule has 4 nitrogen and oxygen atoms in total. The van der Waals surface area contributed by atoms with Crippen molar-refractivity contribution in [2.75, 3.05) is 13.1 Å². The minimum absolute atomic E-state index is 0.0789. The predicted octanol–water partition coefficient (Wildman–Crippen LogP) is 3.89. The van der Waals surface area contributed by atoms with E-state index in [1.54, 1.807) is 0 Å². The van der Waals surface area contributed by atoms with Crippen molar-refractivity contribution in [1.29, 1.82) is 0 Å². The maximum Gasteiger partial charge on any atom is 0.136 e. The second-order valence-corrected chi connectivity index (χ2v) is 13.2. The van der Waals surface area contributed by atoms with Gasteiger partial charge in [-0.2, -0.15) is 0 Å². The van der Waals surface area contributed by atoms with Gasteiger partial charge in [0.1, 0.15) is 5.78 Å². The SMILES string of the molecule is C[C@H]1CC[C@H]2N(C1)C[C@H]1[C@@H]3C[C@H]4[C@@H](CC(=O)[C@H]5C[C@@H](O)CC[C@]54C)[C@@H]3CC[C@H]1[C@]2(C)O. The van der Waals surface area contributed by atoms with Crippen LogP contribution in [-0.2, 0) is 4.79 Å². The minimum Gasteiger partial charge on any atom is -0.393 e. The highest BCUT2D eigenvalue weighted by Gasteiger charge is 2.64. The van der Waals surface area contributed by atoms with Crippen molar-refractivity contribution >= 4 is 5.78 Å². The van der Waals surface area contributed by atoms with Crippen LogP contribution in [0.1, 0.15) is 78.6 Å². The van der Waals surface area contributed by atoms with Gasteiger partial charge in [-0.15, -0.1) is 0 Å². The van der Waals surface area contributed by atoms with Gasteiger partial charge in [0, 0.05) is 31.5 Å². The van der Waals surface area contributed by atoms with Crippen molar-refractivity contribution in [1.82, 2.24) is 4.90 Å². The Balaban J connectivity index is 1.31. The van der Waals surface area contributed by atoms with Crippen molar-refractivity contribution in [3.63, 3.8) is 0 Å². The Hall–Kier alpha value is -0.450. The van der Waals surface area contributed by atoms with Crippen LogP contribution in [0.25, 0.3) is 0 Å². The Labute approximate surface area is 188 Å². The van der Waals surface area contributed by atoms with Gasteiger partial charge in [-0.05, 0) is 105 Å². The lowest BCUT2D eigenvalue weighted by molar-refractivity contribution is -0.175. The summed E-state index contributed by atoms with van der Waals surface area (Å²) in [5, 5.41) is 22.1. The summed E-state index contributed by atoms with van der Waals surface area (Å²) in [5.41, 5.74) is -0.482. The van der Waals surface area contributed by atoms with E-state index in [4.69, 9.17) is 0 Å². The molecule has 0 aromatic rings. The summed E-state index contributed by atoms with van der Waals surface area (Å²) < 4.78 is 0. The molecule has 0 bridgehead atoms. The predicted molar refractivity (Wildman–Crippen MR) is 120 cm³/mol. The summed E-state index contributed by atoms with van der Waals surface area (Å²) in [6, 6.07) is 0.341. The number of Topliss-reactive ketones (excluding diaryl/α,β-unsaturated/α-hetero) is 1. The Kier molecular flexibility index (Phi) is 4.78. The number of nitrogens with zero attached hydrogens (tertiary/aromatic N) is 1. The first-order valence-corrected chi connectivity index (χ1v) is 13.4. The quantitative estimate of drug-likeness (QED) is 0.613. The van der Waals surface area contributed by atoms with E-state index in [0.29, 0.717) is 53.8 Å². The molecule has 2 N–H and O–H groups in total. The van der Waals surface area contributed by atoms with Gasteiger partial charge in [0.15, 0.2) is 0 Å². The molecule has 174 valence electrons. The van der Waals surface area contributed by atoms with Gasteiger partial charge < -0.3 is 10.2 Å². The molecule has 6 aliphatic rings. The van der Waals surface area contributed by atoms with Gasteiger partial charge in [0.2, 0.25) is 0 Å². The summed E-state index contributed by atoms with van der Waals surface area (Å²) in [6.45, 7) is 9.23. The van der Waals surface area contributed by atoms with Crippen LogP contribution in [0.2, 0.25) is 0 Å². The molecule has 0 aromatic heterocycles. The van der Waals surface area contributed by atoms with E-state index in [1.807, 2.05) is 0 Å². The third-order valence-electron chi connectivity index (χ3n) is 11.8. The maximum atomic E-state index is 13.2. The minimum atomic E-state index is -0.570. The number of rotatable bonds is 0. The Morgan fingerprint density at radius 2 is 1.71 bits per heavy atom. The molecule has 2 saturated heterocycles. The second-order valence-electron chi connectivity index (χ2n) is 13.2. The molecular weight excluding hydrogens is 386 g/mol. The van der Waals surface area contributed by atoms with E-state index < -0.39 is 5.60 Å². The van der Waals surface area contributed by atoms with Gasteiger partial charge in [0.25, 0.3) is 0 Å². The van der Waals surface area contributed by atoms with E-state index in [0.717, 1.165) is 44.6 Å². The van der Waals surface area contributed by atoms with Gasteiger partial charge in [-0.3, -0.25) is 9.69 Å². The zero-order valence-corrected chi connectivity index (χ0v) is 19.8. The van der Waals surface area contributed by atoms with E-state index in [1.165, 1.54) is 25.8 Å². The van der Waals surface area contributed by atoms with E-state index in [9.17, 15) is 15.0 Å². The molecule has 0 unspecified atom stereocenters. The fourth-order valence-corrected chi connectivity index (χ4v) is 10.4. The molecule has 4 aliphatic carbocycles. The van der Waals surface area contributed by atoms with Gasteiger partial charge in [0.05, 0.1) is 11.7 Å². The third kappa shape index (κ3) is 2.93. The summed E-state index contributed by atoms with van der Waals surface area (Å²) in [6.07, 6.45) is 9.08. The summed E-state index contributed by atoms with van der Waals surface area (Å²) in [4.78, 5) is 15.9. The highest BCUT2D eigenvalue weighted by atomic mass is 16.3. The zero-order valence-electron chi connectivity index (χ0n) is 19.8. The first kappa shape index (κ1) is 21.1. The second kappa shape index (κ2) is 7.03. The largest absolute Gasteiger partial charge is 0.393 e. The van der Waals surface area contributed by atoms with E-state index in [-0.39, 0.29) is 17.4 Å². The first-order valence-electron chi connectivity index (χ1n) is 13.4. The Bertz CT molecular complexity index is 751. The van der Waals surface area contributed by atoms with Crippen molar-refractivity contribution in [2.45, 2.75) is 96.3 Å². The topological polar surface area (TPSA) is 60.8 Å². The van der Waals surface area contributed by atoms with Gasteiger partial charge >= 0.3 is 0 Å². The highest BCUT2D eigenvalue weighted by molar-refractivity contribution is 5.83. The van der Waals surface area contributed by atoms with Crippen LogP contribution < -0.4 is 0 Å². The Morgan fingerprint density at radius 1 is 0.903 bits per heavy atom. The number of aliphatic hydroxyl groups is 2. The first-order chi connectivity index (χ1) is 14.7. The van der Waals surface area contributed by atoms with Crippen LogP contribution in [0, 0.1) is 52.8 Å². The number of fused-ring (bicyclic) bond motifs is 8. The molecule has 31 heavy (non-hydrogen) atoms. The molecule has 2 aliphatic heterocycles. The summed E-state index contributed by atoms with van der Waals surface area (Å²) in [7, 11) is 0. The molecule has 0 radical (unpaired) electrons. The summed E-state index contributed by atoms with van der Waals surface area (Å²) >= 11 is 0. The molecule has 0 spiro atoms. The molecule has 2 heterocycles. The lowest BCUT2D eigenvalue weighted by Crippen LogP contribution is -2.67. The number of hydrogen-bond acceptors (Lipinski definition) is 4. The molecule has 4 heteroatoms. The van der Waals surface area contributed by atoms with Crippen LogP contribution in [0.5, 0.6) is 0 Å². The van der Waals surface area contributed by atoms with E-state index in [2.05, 4.69) is 25.7 Å². The van der Waals surface area contributed by atoms with Crippen LogP contribution in [0.15, 0.2) is 0 Å². The Morgan fingerprint density at radius 3 is 2.52 bits per heavy atom. The van der Waals surface area contributed by atoms with Crippen molar-refractivity contribution in [3.8, 4) is 0 Å². The number of carbonyl (C=O) groups is 1. The lowest BCUT2D eigenvalue weighted by Gasteiger charge is -2.59. The molecule has 0 aromatic carbocycles. The highest BCUT2D eigenvalue weighted by Crippen LogP contribution is 2.66. The lowest BCUT2D eigenvalue weighted by atomic mass is 9.51. The fraction of sp³-hybridized carbons (Fsp3) is 0.963. The smallest absolute Gasteiger partial charge is 0.136 e. The monoisotopic (exact) mass is 429 g/mol. The van der Waals surface area contributed by atoms with Crippen LogP contribution in [0.4, 0.5) is 0 Å². The maximum absolute atomic E-state index is 13.2. The number of ketones is 1. The molecule has 0 amide bonds. The normalized spacial score (nSPS) is 59.2. The number of aliphatic hydroxyl groups excluding tert-OH is 1. The average Bonchev–Trinajstić information content (AvgIpc) is 3.09. The summed E-state index contributed by atoms with van der Waals surface area (Å²) in [5.74, 6) is 4.82. The van der Waals surface area contributed by atoms with Crippen LogP contribution >= 0.6 is 0 Å². The number of carbonyl (C=O) groups excluding carboxylic acids is 1. The molecule has 4 saturated carbocycles. The number of piperidine rings is 2. The van der Waals surface area contributed by atoms with Crippen molar-refractivity contribution < 1.29 is 15.0 Å². The zero-order chi connectivity index (χ0) is 21.7. The molecule has 6 rings (SSSR count). The van der Waals surface area contributed by atoms with Crippen molar-refractivity contribution in [3.05, 3.63) is 0 Å². The van der Waals surface area contributed by atoms with E-state index >= 15 is 0 Å². The van der Waals surface area contributed by atoms with Crippen LogP contribution in [-0.4, -0.2) is 51.7 Å². The number of hydrogen-bond donors (Lipinski definition) is 2. The standard InChI is InChI=1S/C27H43NO3/c1-15-4-7-25-27(3,31)21-6-5-17-18(20(21)14-28(25)13-15)11-22-19(17)12-24(30)23-10-16(29)8-9-26(22,23)2/h15-23,25,29,31H,4-14H2,1-3H3/t15-,16-,17+,18+,19-,20-,21+,22-,23+,25+,26-,27-/m0/s1. The molecular formula is C27H43NO3. The third-order valence-corrected chi connectivity index (χ3v) is 11.8. The van der Waals surface area contributed by atoms with Crippen LogP contribution in [0.3, 0.4) is 0 Å². The van der Waals surface area contributed by atoms with Gasteiger partial charge in [-0.1, -0.05) is 13.8 Å². The van der Waals surface area contributed by atoms with Crippen molar-refractivity contribution in [2.24, 2.45) is 52.8 Å². The molecule has 12 atom stereocenters. The van der Waals surface area contributed by atoms with Gasteiger partial charge in [-0.25, -0.2) is 0 Å². The fourth-order valence-electron chi connectivity index (χ4n) is 10.4. The molecule has 6 fully saturated rings.